The molecule has 0 bridgehead atoms. The second kappa shape index (κ2) is 11.0. The predicted octanol–water partition coefficient (Wildman–Crippen LogP) is 4.43. The van der Waals surface area contributed by atoms with Crippen LogP contribution in [0.5, 0.6) is 11.6 Å². The van der Waals surface area contributed by atoms with Gasteiger partial charge >= 0.3 is 0 Å². The number of carbonyl (C=O) groups is 1. The molecule has 2 saturated heterocycles. The molecule has 2 fully saturated rings. The van der Waals surface area contributed by atoms with Crippen LogP contribution in [0.1, 0.15) is 45.9 Å². The number of hydrogen-bond donors (Lipinski definition) is 0. The third-order valence-corrected chi connectivity index (χ3v) is 6.81. The monoisotopic (exact) mass is 472 g/mol. The van der Waals surface area contributed by atoms with Crippen LogP contribution < -0.4 is 4.74 Å². The maximum Gasteiger partial charge on any atom is 0.254 e. The van der Waals surface area contributed by atoms with Crippen LogP contribution in [0.2, 0.25) is 0 Å². The van der Waals surface area contributed by atoms with Crippen molar-refractivity contribution in [2.24, 2.45) is 0 Å². The number of nitrogens with zero attached hydrogens (tertiary/aromatic N) is 4. The molecule has 2 aromatic carbocycles. The Morgan fingerprint density at radius 3 is 2.57 bits per heavy atom. The maximum absolute atomic E-state index is 13.5. The molecule has 0 atom stereocenters. The van der Waals surface area contributed by atoms with Crippen LogP contribution in [-0.2, 0) is 11.3 Å². The molecule has 3 heterocycles. The molecule has 0 N–H and O–H groups in total. The van der Waals surface area contributed by atoms with E-state index in [1.54, 1.807) is 12.4 Å². The summed E-state index contributed by atoms with van der Waals surface area (Å²) in [7, 11) is 0. The third-order valence-electron chi connectivity index (χ3n) is 6.81. The van der Waals surface area contributed by atoms with Gasteiger partial charge in [-0.05, 0) is 49.1 Å². The van der Waals surface area contributed by atoms with Crippen LogP contribution in [0.4, 0.5) is 0 Å². The molecule has 0 spiro atoms. The number of benzene rings is 2. The lowest BCUT2D eigenvalue weighted by Gasteiger charge is -2.33. The van der Waals surface area contributed by atoms with Crippen molar-refractivity contribution in [2.75, 3.05) is 39.4 Å². The van der Waals surface area contributed by atoms with E-state index in [-0.39, 0.29) is 11.8 Å². The molecule has 2 aliphatic heterocycles. The highest BCUT2D eigenvalue weighted by molar-refractivity contribution is 5.95. The Morgan fingerprint density at radius 1 is 1.00 bits per heavy atom. The lowest BCUT2D eigenvalue weighted by molar-refractivity contribution is 0.0339. The highest BCUT2D eigenvalue weighted by atomic mass is 16.5. The number of rotatable bonds is 6. The second-order valence-electron chi connectivity index (χ2n) is 9.28. The molecule has 5 rings (SSSR count). The quantitative estimate of drug-likeness (QED) is 0.529. The van der Waals surface area contributed by atoms with Gasteiger partial charge in [0.25, 0.3) is 5.91 Å². The summed E-state index contributed by atoms with van der Waals surface area (Å²) < 4.78 is 11.6. The number of piperidine rings is 1. The number of hydrogen-bond acceptors (Lipinski definition) is 6. The van der Waals surface area contributed by atoms with Gasteiger partial charge in [-0.25, -0.2) is 4.98 Å². The number of likely N-dealkylation sites (tertiary alicyclic amines) is 1. The van der Waals surface area contributed by atoms with Gasteiger partial charge in [0.15, 0.2) is 0 Å². The maximum atomic E-state index is 13.5. The van der Waals surface area contributed by atoms with Crippen molar-refractivity contribution in [3.8, 4) is 11.6 Å². The lowest BCUT2D eigenvalue weighted by atomic mass is 9.92. The van der Waals surface area contributed by atoms with Gasteiger partial charge in [-0.1, -0.05) is 30.3 Å². The largest absolute Gasteiger partial charge is 0.437 e. The van der Waals surface area contributed by atoms with E-state index in [4.69, 9.17) is 9.47 Å². The molecule has 0 radical (unpaired) electrons. The van der Waals surface area contributed by atoms with Crippen LogP contribution in [0.3, 0.4) is 0 Å². The van der Waals surface area contributed by atoms with Gasteiger partial charge in [0.05, 0.1) is 13.2 Å². The van der Waals surface area contributed by atoms with Gasteiger partial charge in [-0.2, -0.15) is 0 Å². The molecule has 0 unspecified atom stereocenters. The molecule has 7 heteroatoms. The summed E-state index contributed by atoms with van der Waals surface area (Å²) >= 11 is 0. The Balaban J connectivity index is 1.25. The van der Waals surface area contributed by atoms with Gasteiger partial charge in [0, 0.05) is 56.6 Å². The molecule has 1 amide bonds. The minimum absolute atomic E-state index is 0.114. The first-order chi connectivity index (χ1) is 17.2. The summed E-state index contributed by atoms with van der Waals surface area (Å²) in [6, 6.07) is 15.9. The van der Waals surface area contributed by atoms with Crippen LogP contribution in [0.15, 0.2) is 60.9 Å². The highest BCUT2D eigenvalue weighted by Gasteiger charge is 2.29. The number of morpholine rings is 1. The molecule has 0 saturated carbocycles. The van der Waals surface area contributed by atoms with Crippen LogP contribution >= 0.6 is 0 Å². The molecule has 1 aromatic heterocycles. The van der Waals surface area contributed by atoms with Crippen molar-refractivity contribution in [3.63, 3.8) is 0 Å². The number of ether oxygens (including phenoxy) is 2. The van der Waals surface area contributed by atoms with E-state index < -0.39 is 0 Å². The van der Waals surface area contributed by atoms with E-state index in [9.17, 15) is 4.79 Å². The summed E-state index contributed by atoms with van der Waals surface area (Å²) in [5.41, 5.74) is 3.90. The Labute approximate surface area is 206 Å². The zero-order valence-corrected chi connectivity index (χ0v) is 20.2. The average molecular weight is 473 g/mol. The van der Waals surface area contributed by atoms with Gasteiger partial charge in [-0.15, -0.1) is 0 Å². The van der Waals surface area contributed by atoms with Gasteiger partial charge in [-0.3, -0.25) is 14.7 Å². The van der Waals surface area contributed by atoms with E-state index >= 15 is 0 Å². The second-order valence-corrected chi connectivity index (χ2v) is 9.28. The fourth-order valence-electron chi connectivity index (χ4n) is 4.88. The molecule has 7 nitrogen and oxygen atoms in total. The normalized spacial score (nSPS) is 17.3. The average Bonchev–Trinajstić information content (AvgIpc) is 2.90. The van der Waals surface area contributed by atoms with Gasteiger partial charge < -0.3 is 14.4 Å². The van der Waals surface area contributed by atoms with Crippen molar-refractivity contribution in [1.29, 1.82) is 0 Å². The fraction of sp³-hybridized carbons (Fsp3) is 0.393. The van der Waals surface area contributed by atoms with Gasteiger partial charge in [0.1, 0.15) is 11.4 Å². The Bertz CT molecular complexity index is 1150. The standard InChI is InChI=1S/C28H32N4O3/c1-21-5-4-7-24(19-21)35-27-26(29-11-12-30-27)22-9-13-32(14-10-22)28(33)25-8-3-2-6-23(25)20-31-15-17-34-18-16-31/h2-8,11-12,19,22H,9-10,13-18,20H2,1H3. The topological polar surface area (TPSA) is 67.8 Å². The smallest absolute Gasteiger partial charge is 0.254 e. The number of carbonyl (C=O) groups excluding carboxylic acids is 1. The summed E-state index contributed by atoms with van der Waals surface area (Å²) in [6.07, 6.45) is 5.05. The van der Waals surface area contributed by atoms with E-state index in [0.29, 0.717) is 19.0 Å². The third kappa shape index (κ3) is 5.69. The number of aryl methyl sites for hydroxylation is 1. The molecular weight excluding hydrogens is 440 g/mol. The number of aromatic nitrogens is 2. The summed E-state index contributed by atoms with van der Waals surface area (Å²) in [5, 5.41) is 0. The zero-order chi connectivity index (χ0) is 24.0. The minimum Gasteiger partial charge on any atom is -0.437 e. The molecule has 2 aliphatic rings. The van der Waals surface area contributed by atoms with Crippen molar-refractivity contribution in [1.82, 2.24) is 19.8 Å². The first-order valence-corrected chi connectivity index (χ1v) is 12.4. The van der Waals surface area contributed by atoms with Crippen molar-refractivity contribution in [2.45, 2.75) is 32.2 Å². The van der Waals surface area contributed by atoms with E-state index in [1.165, 1.54) is 0 Å². The first kappa shape index (κ1) is 23.5. The summed E-state index contributed by atoms with van der Waals surface area (Å²) in [6.45, 7) is 7.50. The summed E-state index contributed by atoms with van der Waals surface area (Å²) in [4.78, 5) is 26.9. The highest BCUT2D eigenvalue weighted by Crippen LogP contribution is 2.34. The Kier molecular flexibility index (Phi) is 7.35. The lowest BCUT2D eigenvalue weighted by Crippen LogP contribution is -2.39. The van der Waals surface area contributed by atoms with Crippen LogP contribution in [0.25, 0.3) is 0 Å². The molecule has 3 aromatic rings. The Morgan fingerprint density at radius 2 is 1.77 bits per heavy atom. The van der Waals surface area contributed by atoms with Crippen molar-refractivity contribution in [3.05, 3.63) is 83.3 Å². The first-order valence-electron chi connectivity index (χ1n) is 12.4. The van der Waals surface area contributed by atoms with Gasteiger partial charge in [0.2, 0.25) is 5.88 Å². The SMILES string of the molecule is Cc1cccc(Oc2nccnc2C2CCN(C(=O)c3ccccc3CN3CCOCC3)CC2)c1. The van der Waals surface area contributed by atoms with E-state index in [0.717, 1.165) is 73.8 Å². The van der Waals surface area contributed by atoms with E-state index in [1.807, 2.05) is 54.3 Å². The Hall–Kier alpha value is -3.29. The number of amides is 1. The minimum atomic E-state index is 0.114. The van der Waals surface area contributed by atoms with Crippen molar-refractivity contribution < 1.29 is 14.3 Å². The molecule has 35 heavy (non-hydrogen) atoms. The summed E-state index contributed by atoms with van der Waals surface area (Å²) in [5.74, 6) is 1.63. The molecule has 182 valence electrons. The molecule has 0 aliphatic carbocycles. The van der Waals surface area contributed by atoms with Crippen molar-refractivity contribution >= 4 is 5.91 Å². The molecular formula is C28H32N4O3. The van der Waals surface area contributed by atoms with Crippen LogP contribution in [-0.4, -0.2) is 65.1 Å². The van der Waals surface area contributed by atoms with E-state index in [2.05, 4.69) is 20.9 Å². The zero-order valence-electron chi connectivity index (χ0n) is 20.2. The fourth-order valence-corrected chi connectivity index (χ4v) is 4.88. The predicted molar refractivity (Wildman–Crippen MR) is 134 cm³/mol. The van der Waals surface area contributed by atoms with Crippen LogP contribution in [0, 0.1) is 6.92 Å².